The zero-order valence-corrected chi connectivity index (χ0v) is 11.7. The van der Waals surface area contributed by atoms with Crippen molar-refractivity contribution in [1.29, 1.82) is 0 Å². The van der Waals surface area contributed by atoms with Gasteiger partial charge in [0.15, 0.2) is 0 Å². The fourth-order valence-corrected chi connectivity index (χ4v) is 1.41. The Labute approximate surface area is 117 Å². The van der Waals surface area contributed by atoms with Gasteiger partial charge in [-0.2, -0.15) is 0 Å². The van der Waals surface area contributed by atoms with Crippen molar-refractivity contribution >= 4 is 11.9 Å². The quantitative estimate of drug-likeness (QED) is 0.690. The van der Waals surface area contributed by atoms with Gasteiger partial charge >= 0.3 is 6.03 Å². The third kappa shape index (κ3) is 6.17. The van der Waals surface area contributed by atoms with Gasteiger partial charge in [0.2, 0.25) is 5.91 Å². The molecule has 1 aromatic carbocycles. The first-order chi connectivity index (χ1) is 9.49. The lowest BCUT2D eigenvalue weighted by Crippen LogP contribution is -2.40. The van der Waals surface area contributed by atoms with Crippen LogP contribution in [0.1, 0.15) is 19.4 Å². The summed E-state index contributed by atoms with van der Waals surface area (Å²) in [5.74, 6) is -0.417. The van der Waals surface area contributed by atoms with Crippen LogP contribution in [0.25, 0.3) is 0 Å². The Hall–Kier alpha value is -2.11. The number of carbonyl (C=O) groups excluding carboxylic acids is 2. The van der Waals surface area contributed by atoms with Gasteiger partial charge in [0.25, 0.3) is 0 Å². The zero-order valence-electron chi connectivity index (χ0n) is 11.7. The van der Waals surface area contributed by atoms with E-state index in [-0.39, 0.29) is 23.7 Å². The molecule has 20 heavy (non-hydrogen) atoms. The summed E-state index contributed by atoms with van der Waals surface area (Å²) in [6.07, 6.45) is 0. The number of benzene rings is 1. The van der Waals surface area contributed by atoms with Crippen molar-refractivity contribution in [3.8, 4) is 0 Å². The molecule has 0 saturated carbocycles. The number of rotatable bonds is 6. The summed E-state index contributed by atoms with van der Waals surface area (Å²) in [5.41, 5.74) is 0.815. The normalized spacial score (nSPS) is 10.2. The number of urea groups is 1. The summed E-state index contributed by atoms with van der Waals surface area (Å²) in [4.78, 5) is 22.7. The largest absolute Gasteiger partial charge is 0.354 e. The third-order valence-corrected chi connectivity index (χ3v) is 2.60. The first kappa shape index (κ1) is 15.9. The molecule has 0 aliphatic carbocycles. The molecule has 3 amide bonds. The van der Waals surface area contributed by atoms with E-state index in [4.69, 9.17) is 0 Å². The minimum atomic E-state index is -0.326. The molecule has 0 spiro atoms. The van der Waals surface area contributed by atoms with Gasteiger partial charge in [0.1, 0.15) is 5.82 Å². The van der Waals surface area contributed by atoms with E-state index in [2.05, 4.69) is 16.0 Å². The molecule has 0 aromatic heterocycles. The maximum atomic E-state index is 12.7. The van der Waals surface area contributed by atoms with Gasteiger partial charge in [-0.3, -0.25) is 4.79 Å². The van der Waals surface area contributed by atoms with Crippen LogP contribution in [0.2, 0.25) is 0 Å². The molecule has 3 N–H and O–H groups in total. The topological polar surface area (TPSA) is 70.2 Å². The number of halogens is 1. The molecule has 1 aromatic rings. The van der Waals surface area contributed by atoms with Crippen LogP contribution < -0.4 is 16.0 Å². The van der Waals surface area contributed by atoms with Crippen LogP contribution in [-0.2, 0) is 11.3 Å². The van der Waals surface area contributed by atoms with Gasteiger partial charge in [-0.25, -0.2) is 9.18 Å². The summed E-state index contributed by atoms with van der Waals surface area (Å²) in [6, 6.07) is 5.58. The lowest BCUT2D eigenvalue weighted by Gasteiger charge is -2.09. The van der Waals surface area contributed by atoms with Crippen LogP contribution in [0.5, 0.6) is 0 Å². The molecule has 5 nitrogen and oxygen atoms in total. The molecular formula is C14H20FN3O2. The van der Waals surface area contributed by atoms with E-state index in [1.54, 1.807) is 26.0 Å². The number of hydrogen-bond donors (Lipinski definition) is 3. The van der Waals surface area contributed by atoms with E-state index in [1.807, 2.05) is 0 Å². The van der Waals surface area contributed by atoms with Gasteiger partial charge in [-0.1, -0.05) is 26.0 Å². The molecule has 0 aliphatic rings. The Morgan fingerprint density at radius 2 is 1.65 bits per heavy atom. The monoisotopic (exact) mass is 281 g/mol. The van der Waals surface area contributed by atoms with E-state index < -0.39 is 0 Å². The number of carbonyl (C=O) groups is 2. The first-order valence-electron chi connectivity index (χ1n) is 6.53. The Balaban J connectivity index is 2.14. The molecule has 0 saturated heterocycles. The molecular weight excluding hydrogens is 261 g/mol. The Morgan fingerprint density at radius 1 is 1.05 bits per heavy atom. The molecule has 0 heterocycles. The Morgan fingerprint density at radius 3 is 2.25 bits per heavy atom. The SMILES string of the molecule is CC(C)C(=O)NCCNC(=O)NCc1ccc(F)cc1. The first-order valence-corrected chi connectivity index (χ1v) is 6.53. The summed E-state index contributed by atoms with van der Waals surface area (Å²) < 4.78 is 12.7. The predicted octanol–water partition coefficient (Wildman–Crippen LogP) is 1.40. The number of hydrogen-bond acceptors (Lipinski definition) is 2. The van der Waals surface area contributed by atoms with Crippen molar-refractivity contribution in [2.75, 3.05) is 13.1 Å². The highest BCUT2D eigenvalue weighted by Crippen LogP contribution is 2.01. The molecule has 1 rings (SSSR count). The third-order valence-electron chi connectivity index (χ3n) is 2.60. The fourth-order valence-electron chi connectivity index (χ4n) is 1.41. The molecule has 0 unspecified atom stereocenters. The van der Waals surface area contributed by atoms with Gasteiger partial charge in [-0.15, -0.1) is 0 Å². The molecule has 0 bridgehead atoms. The van der Waals surface area contributed by atoms with Crippen LogP contribution in [-0.4, -0.2) is 25.0 Å². The van der Waals surface area contributed by atoms with Crippen molar-refractivity contribution in [3.05, 3.63) is 35.6 Å². The summed E-state index contributed by atoms with van der Waals surface area (Å²) >= 11 is 0. The average Bonchev–Trinajstić information content (AvgIpc) is 2.42. The van der Waals surface area contributed by atoms with E-state index in [0.29, 0.717) is 19.6 Å². The maximum absolute atomic E-state index is 12.7. The smallest absolute Gasteiger partial charge is 0.315 e. The Kier molecular flexibility index (Phi) is 6.49. The van der Waals surface area contributed by atoms with E-state index in [1.165, 1.54) is 12.1 Å². The minimum Gasteiger partial charge on any atom is -0.354 e. The van der Waals surface area contributed by atoms with Crippen molar-refractivity contribution in [2.45, 2.75) is 20.4 Å². The van der Waals surface area contributed by atoms with Gasteiger partial charge in [0, 0.05) is 25.6 Å². The second-order valence-electron chi connectivity index (χ2n) is 4.68. The van der Waals surface area contributed by atoms with Crippen molar-refractivity contribution in [2.24, 2.45) is 5.92 Å². The minimum absolute atomic E-state index is 0.0430. The lowest BCUT2D eigenvalue weighted by atomic mass is 10.2. The van der Waals surface area contributed by atoms with Crippen LogP contribution in [0, 0.1) is 11.7 Å². The highest BCUT2D eigenvalue weighted by Gasteiger charge is 2.05. The Bertz CT molecular complexity index is 446. The van der Waals surface area contributed by atoms with Crippen LogP contribution in [0.4, 0.5) is 9.18 Å². The molecule has 110 valence electrons. The van der Waals surface area contributed by atoms with Crippen LogP contribution >= 0.6 is 0 Å². The maximum Gasteiger partial charge on any atom is 0.315 e. The zero-order chi connectivity index (χ0) is 15.0. The number of nitrogens with one attached hydrogen (secondary N) is 3. The molecule has 0 fully saturated rings. The standard InChI is InChI=1S/C14H20FN3O2/c1-10(2)13(19)16-7-8-17-14(20)18-9-11-3-5-12(15)6-4-11/h3-6,10H,7-9H2,1-2H3,(H,16,19)(H2,17,18,20). The van der Waals surface area contributed by atoms with Crippen LogP contribution in [0.15, 0.2) is 24.3 Å². The average molecular weight is 281 g/mol. The summed E-state index contributed by atoms with van der Waals surface area (Å²) in [7, 11) is 0. The molecule has 0 atom stereocenters. The summed E-state index contributed by atoms with van der Waals surface area (Å²) in [6.45, 7) is 4.68. The second-order valence-corrected chi connectivity index (χ2v) is 4.68. The second kappa shape index (κ2) is 8.14. The summed E-state index contributed by atoms with van der Waals surface area (Å²) in [5, 5.41) is 7.96. The van der Waals surface area contributed by atoms with Gasteiger partial charge in [0.05, 0.1) is 0 Å². The van der Waals surface area contributed by atoms with Crippen molar-refractivity contribution < 1.29 is 14.0 Å². The predicted molar refractivity (Wildman–Crippen MR) is 74.5 cm³/mol. The van der Waals surface area contributed by atoms with Crippen molar-refractivity contribution in [1.82, 2.24) is 16.0 Å². The highest BCUT2D eigenvalue weighted by molar-refractivity contribution is 5.78. The van der Waals surface area contributed by atoms with Gasteiger partial charge < -0.3 is 16.0 Å². The van der Waals surface area contributed by atoms with E-state index in [9.17, 15) is 14.0 Å². The van der Waals surface area contributed by atoms with E-state index in [0.717, 1.165) is 5.56 Å². The molecule has 0 radical (unpaired) electrons. The fraction of sp³-hybridized carbons (Fsp3) is 0.429. The van der Waals surface area contributed by atoms with E-state index >= 15 is 0 Å². The highest BCUT2D eigenvalue weighted by atomic mass is 19.1. The lowest BCUT2D eigenvalue weighted by molar-refractivity contribution is -0.123. The van der Waals surface area contributed by atoms with Gasteiger partial charge in [-0.05, 0) is 17.7 Å². The molecule has 0 aliphatic heterocycles. The number of amides is 3. The molecule has 6 heteroatoms. The van der Waals surface area contributed by atoms with Crippen molar-refractivity contribution in [3.63, 3.8) is 0 Å². The van der Waals surface area contributed by atoms with Crippen LogP contribution in [0.3, 0.4) is 0 Å².